The first-order valence-electron chi connectivity index (χ1n) is 8.05. The van der Waals surface area contributed by atoms with Crippen LogP contribution in [0.4, 0.5) is 0 Å². The first kappa shape index (κ1) is 18.8. The largest absolute Gasteiger partial charge is 0.465 e. The maximum Gasteiger partial charge on any atom is 0.306 e. The van der Waals surface area contributed by atoms with E-state index in [1.807, 2.05) is 13.0 Å². The number of carbonyl (C=O) groups is 1. The molecule has 0 aromatic carbocycles. The van der Waals surface area contributed by atoms with Gasteiger partial charge in [-0.05, 0) is 31.4 Å². The van der Waals surface area contributed by atoms with Crippen LogP contribution in [0.1, 0.15) is 51.6 Å². The van der Waals surface area contributed by atoms with Gasteiger partial charge in [0, 0.05) is 11.4 Å². The van der Waals surface area contributed by atoms with Crippen LogP contribution in [0.2, 0.25) is 0 Å². The molecule has 0 unspecified atom stereocenters. The van der Waals surface area contributed by atoms with Crippen LogP contribution in [0.25, 0.3) is 0 Å². The van der Waals surface area contributed by atoms with Crippen molar-refractivity contribution in [1.82, 2.24) is 4.98 Å². The van der Waals surface area contributed by atoms with Crippen LogP contribution in [0, 0.1) is 12.8 Å². The second-order valence-electron chi connectivity index (χ2n) is 5.53. The van der Waals surface area contributed by atoms with Crippen LogP contribution in [0.5, 0.6) is 0 Å². The van der Waals surface area contributed by atoms with Gasteiger partial charge in [-0.3, -0.25) is 9.59 Å². The third-order valence-electron chi connectivity index (χ3n) is 3.61. The Morgan fingerprint density at radius 1 is 1.36 bits per heavy atom. The van der Waals surface area contributed by atoms with E-state index in [1.165, 1.54) is 24.6 Å². The molecule has 0 aliphatic carbocycles. The number of H-pyrrole nitrogens is 1. The quantitative estimate of drug-likeness (QED) is 0.523. The highest BCUT2D eigenvalue weighted by Gasteiger charge is 2.10. The van der Waals surface area contributed by atoms with E-state index >= 15 is 0 Å². The fourth-order valence-electron chi connectivity index (χ4n) is 2.10. The molecule has 0 radical (unpaired) electrons. The van der Waals surface area contributed by atoms with Gasteiger partial charge in [-0.25, -0.2) is 0 Å². The van der Waals surface area contributed by atoms with Gasteiger partial charge in [-0.1, -0.05) is 33.1 Å². The number of pyridine rings is 1. The van der Waals surface area contributed by atoms with E-state index in [1.54, 1.807) is 6.07 Å². The van der Waals surface area contributed by atoms with Crippen molar-refractivity contribution < 1.29 is 9.53 Å². The number of rotatable bonds is 10. The number of thioether (sulfide) groups is 1. The molecular formula is C17H27NO3S. The lowest BCUT2D eigenvalue weighted by molar-refractivity contribution is -0.144. The summed E-state index contributed by atoms with van der Waals surface area (Å²) in [6, 6.07) is 3.66. The first-order chi connectivity index (χ1) is 10.6. The zero-order valence-corrected chi connectivity index (χ0v) is 14.6. The number of hydrogen-bond acceptors (Lipinski definition) is 4. The highest BCUT2D eigenvalue weighted by Crippen LogP contribution is 2.16. The summed E-state index contributed by atoms with van der Waals surface area (Å²) in [6.07, 6.45) is 4.85. The van der Waals surface area contributed by atoms with Crippen molar-refractivity contribution in [3.05, 3.63) is 28.2 Å². The van der Waals surface area contributed by atoms with E-state index in [9.17, 15) is 9.59 Å². The third-order valence-corrected chi connectivity index (χ3v) is 4.65. The molecule has 1 rings (SSSR count). The van der Waals surface area contributed by atoms with Crippen LogP contribution in [-0.4, -0.2) is 23.3 Å². The minimum absolute atomic E-state index is 0.0935. The van der Waals surface area contributed by atoms with Gasteiger partial charge in [-0.2, -0.15) is 0 Å². The maximum atomic E-state index is 11.7. The van der Waals surface area contributed by atoms with Crippen molar-refractivity contribution >= 4 is 17.7 Å². The molecule has 4 nitrogen and oxygen atoms in total. The molecule has 0 aliphatic heterocycles. The molecule has 0 amide bonds. The smallest absolute Gasteiger partial charge is 0.306 e. The summed E-state index contributed by atoms with van der Waals surface area (Å²) in [7, 11) is 0. The Balaban J connectivity index is 2.26. The fraction of sp³-hybridized carbons (Fsp3) is 0.647. The molecule has 1 N–H and O–H groups in total. The zero-order chi connectivity index (χ0) is 16.4. The van der Waals surface area contributed by atoms with Crippen LogP contribution >= 0.6 is 11.8 Å². The van der Waals surface area contributed by atoms with E-state index in [2.05, 4.69) is 18.8 Å². The summed E-state index contributed by atoms with van der Waals surface area (Å²) in [4.78, 5) is 26.8. The molecule has 0 fully saturated rings. The van der Waals surface area contributed by atoms with E-state index in [0.29, 0.717) is 29.6 Å². The highest BCUT2D eigenvalue weighted by molar-refractivity contribution is 7.99. The Hall–Kier alpha value is -1.23. The summed E-state index contributed by atoms with van der Waals surface area (Å²) in [6.45, 7) is 6.66. The summed E-state index contributed by atoms with van der Waals surface area (Å²) >= 11 is 1.39. The van der Waals surface area contributed by atoms with Crippen molar-refractivity contribution in [1.29, 1.82) is 0 Å². The monoisotopic (exact) mass is 325 g/mol. The molecule has 1 atom stereocenters. The van der Waals surface area contributed by atoms with E-state index in [0.717, 1.165) is 18.5 Å². The van der Waals surface area contributed by atoms with Crippen molar-refractivity contribution in [3.8, 4) is 0 Å². The lowest BCUT2D eigenvalue weighted by Crippen LogP contribution is -2.14. The number of aryl methyl sites for hydroxylation is 1. The number of aromatic amines is 1. The van der Waals surface area contributed by atoms with E-state index in [4.69, 9.17) is 4.74 Å². The van der Waals surface area contributed by atoms with Crippen LogP contribution in [0.3, 0.4) is 0 Å². The van der Waals surface area contributed by atoms with Gasteiger partial charge in [-0.15, -0.1) is 11.8 Å². The van der Waals surface area contributed by atoms with Gasteiger partial charge in [0.2, 0.25) is 0 Å². The van der Waals surface area contributed by atoms with Gasteiger partial charge in [0.05, 0.1) is 17.9 Å². The Bertz CT molecular complexity index is 513. The van der Waals surface area contributed by atoms with Gasteiger partial charge < -0.3 is 9.72 Å². The van der Waals surface area contributed by atoms with Gasteiger partial charge in [0.25, 0.3) is 5.56 Å². The molecule has 1 aromatic heterocycles. The molecule has 0 spiro atoms. The number of ether oxygens (including phenoxy) is 1. The van der Waals surface area contributed by atoms with E-state index < -0.39 is 0 Å². The van der Waals surface area contributed by atoms with Crippen LogP contribution in [-0.2, 0) is 9.53 Å². The summed E-state index contributed by atoms with van der Waals surface area (Å²) < 4.78 is 5.34. The number of aromatic nitrogens is 1. The van der Waals surface area contributed by atoms with Gasteiger partial charge >= 0.3 is 5.97 Å². The topological polar surface area (TPSA) is 59.2 Å². The molecule has 0 aliphatic rings. The Morgan fingerprint density at radius 2 is 2.14 bits per heavy atom. The number of carbonyl (C=O) groups excluding carboxylic acids is 1. The molecule has 5 heteroatoms. The summed E-state index contributed by atoms with van der Waals surface area (Å²) in [5, 5.41) is 0. The van der Waals surface area contributed by atoms with Gasteiger partial charge in [0.1, 0.15) is 0 Å². The predicted molar refractivity (Wildman–Crippen MR) is 91.4 cm³/mol. The van der Waals surface area contributed by atoms with Gasteiger partial charge in [0.15, 0.2) is 0 Å². The Morgan fingerprint density at radius 3 is 2.77 bits per heavy atom. The molecule has 124 valence electrons. The molecule has 0 saturated heterocycles. The second kappa shape index (κ2) is 10.5. The lowest BCUT2D eigenvalue weighted by atomic mass is 10.0. The predicted octanol–water partition coefficient (Wildman–Crippen LogP) is 3.93. The molecule has 22 heavy (non-hydrogen) atoms. The standard InChI is InChI=1S/C17H27NO3S/c1-4-6-7-14(5-2)12-21-16(19)10-11-22-15-9-8-13(3)18-17(15)20/h8-9,14H,4-7,10-12H2,1-3H3,(H,18,20)/t14-/m1/s1. The van der Waals surface area contributed by atoms with Crippen LogP contribution < -0.4 is 5.56 Å². The van der Waals surface area contributed by atoms with Crippen molar-refractivity contribution in [2.24, 2.45) is 5.92 Å². The SMILES string of the molecule is CCCC[C@@H](CC)COC(=O)CCSc1ccc(C)[nH]c1=O. The number of esters is 1. The van der Waals surface area contributed by atoms with Crippen molar-refractivity contribution in [2.45, 2.75) is 57.8 Å². The molecule has 0 bridgehead atoms. The Labute approximate surface area is 137 Å². The van der Waals surface area contributed by atoms with Crippen LogP contribution in [0.15, 0.2) is 21.8 Å². The van der Waals surface area contributed by atoms with E-state index in [-0.39, 0.29) is 11.5 Å². The normalized spacial score (nSPS) is 12.1. The lowest BCUT2D eigenvalue weighted by Gasteiger charge is -2.14. The number of nitrogens with one attached hydrogen (secondary N) is 1. The van der Waals surface area contributed by atoms with Crippen molar-refractivity contribution in [3.63, 3.8) is 0 Å². The summed E-state index contributed by atoms with van der Waals surface area (Å²) in [5.41, 5.74) is 0.746. The minimum Gasteiger partial charge on any atom is -0.465 e. The molecule has 0 saturated carbocycles. The minimum atomic E-state index is -0.175. The maximum absolute atomic E-state index is 11.7. The molecule has 1 aromatic rings. The molecule has 1 heterocycles. The van der Waals surface area contributed by atoms with Crippen molar-refractivity contribution in [2.75, 3.05) is 12.4 Å². The summed E-state index contributed by atoms with van der Waals surface area (Å²) in [5.74, 6) is 0.860. The average Bonchev–Trinajstić information content (AvgIpc) is 2.49. The first-order valence-corrected chi connectivity index (χ1v) is 9.03. The zero-order valence-electron chi connectivity index (χ0n) is 13.8. The number of hydrogen-bond donors (Lipinski definition) is 1. The average molecular weight is 325 g/mol. The molecular weight excluding hydrogens is 298 g/mol. The third kappa shape index (κ3) is 7.16. The second-order valence-corrected chi connectivity index (χ2v) is 6.67. The number of unbranched alkanes of at least 4 members (excludes halogenated alkanes) is 1. The highest BCUT2D eigenvalue weighted by atomic mass is 32.2. The Kier molecular flexibility index (Phi) is 8.97. The fourth-order valence-corrected chi connectivity index (χ4v) is 2.93.